The van der Waals surface area contributed by atoms with Crippen molar-refractivity contribution in [3.8, 4) is 28.3 Å². The summed E-state index contributed by atoms with van der Waals surface area (Å²) in [7, 11) is 0. The Balaban J connectivity index is 1.87. The minimum absolute atomic E-state index is 0.106. The minimum Gasteiger partial charge on any atom is -0.477 e. The smallest absolute Gasteiger partial charge is 0.225 e. The molecule has 0 aliphatic carbocycles. The first kappa shape index (κ1) is 18.2. The molecule has 1 aromatic carbocycles. The summed E-state index contributed by atoms with van der Waals surface area (Å²) in [4.78, 5) is 16.0. The fourth-order valence-electron chi connectivity index (χ4n) is 3.26. The number of anilines is 1. The van der Waals surface area contributed by atoms with E-state index in [4.69, 9.17) is 9.84 Å². The molecule has 3 aromatic rings. The van der Waals surface area contributed by atoms with Crippen molar-refractivity contribution < 1.29 is 13.9 Å². The molecule has 1 N–H and O–H groups in total. The summed E-state index contributed by atoms with van der Waals surface area (Å²) in [5.74, 6) is 0.743. The third-order valence-corrected chi connectivity index (χ3v) is 4.81. The van der Waals surface area contributed by atoms with Gasteiger partial charge in [0, 0.05) is 24.6 Å². The van der Waals surface area contributed by atoms with Gasteiger partial charge in [-0.05, 0) is 48.9 Å². The number of halogens is 1. The molecule has 1 atom stereocenters. The van der Waals surface area contributed by atoms with Gasteiger partial charge in [-0.1, -0.05) is 6.92 Å². The van der Waals surface area contributed by atoms with E-state index in [-0.39, 0.29) is 17.8 Å². The number of carbonyl (C=O) groups is 1. The number of nitrogens with zero attached hydrogens (tertiary/aromatic N) is 3. The molecule has 1 aliphatic rings. The van der Waals surface area contributed by atoms with Crippen LogP contribution < -0.4 is 10.1 Å². The van der Waals surface area contributed by atoms with Crippen LogP contribution in [0, 0.1) is 5.82 Å². The molecule has 1 unspecified atom stereocenters. The lowest BCUT2D eigenvalue weighted by Crippen LogP contribution is -2.19. The molecular formula is C21H21FN4O2. The van der Waals surface area contributed by atoms with E-state index in [2.05, 4.69) is 17.2 Å². The highest BCUT2D eigenvalue weighted by atomic mass is 19.1. The van der Waals surface area contributed by atoms with E-state index in [0.29, 0.717) is 30.4 Å². The lowest BCUT2D eigenvalue weighted by molar-refractivity contribution is -0.115. The molecule has 1 aliphatic heterocycles. The highest BCUT2D eigenvalue weighted by Crippen LogP contribution is 2.43. The Labute approximate surface area is 162 Å². The number of amides is 1. The Morgan fingerprint density at radius 3 is 2.82 bits per heavy atom. The molecule has 28 heavy (non-hydrogen) atoms. The van der Waals surface area contributed by atoms with Crippen molar-refractivity contribution >= 4 is 11.7 Å². The predicted octanol–water partition coefficient (Wildman–Crippen LogP) is 4.44. The number of fused-ring (bicyclic) bond motifs is 1. The third kappa shape index (κ3) is 3.35. The first-order valence-electron chi connectivity index (χ1n) is 9.34. The van der Waals surface area contributed by atoms with E-state index in [1.54, 1.807) is 31.3 Å². The first-order chi connectivity index (χ1) is 13.6. The minimum atomic E-state index is -0.299. The second kappa shape index (κ2) is 7.42. The van der Waals surface area contributed by atoms with Crippen molar-refractivity contribution in [3.63, 3.8) is 0 Å². The second-order valence-electron chi connectivity index (χ2n) is 6.80. The van der Waals surface area contributed by atoms with Gasteiger partial charge in [-0.15, -0.1) is 0 Å². The van der Waals surface area contributed by atoms with Crippen LogP contribution in [-0.4, -0.2) is 27.3 Å². The SMILES string of the molecule is CCC(=O)Nc1cc(-c2c(-c3ccc(F)cc3)nn3c2OCCC3C)ccn1. The van der Waals surface area contributed by atoms with Crippen molar-refractivity contribution in [1.29, 1.82) is 0 Å². The Morgan fingerprint density at radius 2 is 2.07 bits per heavy atom. The van der Waals surface area contributed by atoms with Gasteiger partial charge < -0.3 is 10.1 Å². The van der Waals surface area contributed by atoms with Gasteiger partial charge in [0.05, 0.1) is 18.2 Å². The molecule has 4 rings (SSSR count). The van der Waals surface area contributed by atoms with Crippen LogP contribution in [0.25, 0.3) is 22.4 Å². The van der Waals surface area contributed by atoms with E-state index in [9.17, 15) is 9.18 Å². The predicted molar refractivity (Wildman–Crippen MR) is 105 cm³/mol. The maximum absolute atomic E-state index is 13.4. The fourth-order valence-corrected chi connectivity index (χ4v) is 3.26. The second-order valence-corrected chi connectivity index (χ2v) is 6.80. The lowest BCUT2D eigenvalue weighted by atomic mass is 10.0. The number of rotatable bonds is 4. The van der Waals surface area contributed by atoms with Crippen molar-refractivity contribution in [2.45, 2.75) is 32.7 Å². The van der Waals surface area contributed by atoms with Crippen LogP contribution in [0.15, 0.2) is 42.6 Å². The summed E-state index contributed by atoms with van der Waals surface area (Å²) in [6.07, 6.45) is 2.88. The average Bonchev–Trinajstić information content (AvgIpc) is 3.09. The number of pyridine rings is 1. The molecule has 1 amide bonds. The van der Waals surface area contributed by atoms with E-state index in [1.165, 1.54) is 12.1 Å². The molecule has 0 saturated carbocycles. The Bertz CT molecular complexity index is 1010. The van der Waals surface area contributed by atoms with Gasteiger partial charge in [-0.25, -0.2) is 14.1 Å². The monoisotopic (exact) mass is 380 g/mol. The standard InChI is InChI=1S/C21H21FN4O2/c1-3-18(27)24-17-12-15(8-10-23-17)19-20(14-4-6-16(22)7-5-14)25-26-13(2)9-11-28-21(19)26/h4-8,10,12-13H,3,9,11H2,1-2H3,(H,23,24,27). The van der Waals surface area contributed by atoms with Gasteiger partial charge in [0.25, 0.3) is 0 Å². The molecular weight excluding hydrogens is 359 g/mol. The summed E-state index contributed by atoms with van der Waals surface area (Å²) < 4.78 is 21.3. The zero-order valence-electron chi connectivity index (χ0n) is 15.8. The number of carbonyl (C=O) groups excluding carboxylic acids is 1. The Hall–Kier alpha value is -3.22. The van der Waals surface area contributed by atoms with E-state index in [1.807, 2.05) is 10.7 Å². The van der Waals surface area contributed by atoms with E-state index in [0.717, 1.165) is 23.1 Å². The van der Waals surface area contributed by atoms with Crippen LogP contribution >= 0.6 is 0 Å². The van der Waals surface area contributed by atoms with Gasteiger partial charge >= 0.3 is 0 Å². The molecule has 2 aromatic heterocycles. The summed E-state index contributed by atoms with van der Waals surface area (Å²) >= 11 is 0. The van der Waals surface area contributed by atoms with Crippen LogP contribution in [0.5, 0.6) is 5.88 Å². The van der Waals surface area contributed by atoms with Crippen LogP contribution in [0.1, 0.15) is 32.7 Å². The molecule has 0 bridgehead atoms. The largest absolute Gasteiger partial charge is 0.477 e. The van der Waals surface area contributed by atoms with Gasteiger partial charge in [-0.2, -0.15) is 5.10 Å². The average molecular weight is 380 g/mol. The topological polar surface area (TPSA) is 69.0 Å². The van der Waals surface area contributed by atoms with Gasteiger partial charge in [0.1, 0.15) is 17.3 Å². The third-order valence-electron chi connectivity index (χ3n) is 4.81. The van der Waals surface area contributed by atoms with Crippen LogP contribution in [0.2, 0.25) is 0 Å². The Morgan fingerprint density at radius 1 is 1.29 bits per heavy atom. The summed E-state index contributed by atoms with van der Waals surface area (Å²) in [6.45, 7) is 4.49. The van der Waals surface area contributed by atoms with Crippen molar-refractivity contribution in [3.05, 3.63) is 48.4 Å². The maximum Gasteiger partial charge on any atom is 0.225 e. The van der Waals surface area contributed by atoms with Crippen LogP contribution in [-0.2, 0) is 4.79 Å². The molecule has 0 spiro atoms. The van der Waals surface area contributed by atoms with E-state index >= 15 is 0 Å². The molecule has 144 valence electrons. The Kier molecular flexibility index (Phi) is 4.81. The molecule has 7 heteroatoms. The zero-order chi connectivity index (χ0) is 19.7. The number of nitrogens with one attached hydrogen (secondary N) is 1. The van der Waals surface area contributed by atoms with Gasteiger partial charge in [-0.3, -0.25) is 4.79 Å². The highest BCUT2D eigenvalue weighted by molar-refractivity contribution is 5.91. The highest BCUT2D eigenvalue weighted by Gasteiger charge is 2.27. The lowest BCUT2D eigenvalue weighted by Gasteiger charge is -2.22. The number of benzene rings is 1. The first-order valence-corrected chi connectivity index (χ1v) is 9.34. The number of hydrogen-bond acceptors (Lipinski definition) is 4. The molecule has 3 heterocycles. The molecule has 0 radical (unpaired) electrons. The number of hydrogen-bond donors (Lipinski definition) is 1. The van der Waals surface area contributed by atoms with Gasteiger partial charge in [0.15, 0.2) is 0 Å². The van der Waals surface area contributed by atoms with Crippen LogP contribution in [0.4, 0.5) is 10.2 Å². The normalized spacial score (nSPS) is 15.6. The summed E-state index contributed by atoms with van der Waals surface area (Å²) in [5, 5.41) is 7.56. The van der Waals surface area contributed by atoms with Crippen molar-refractivity contribution in [2.24, 2.45) is 0 Å². The van der Waals surface area contributed by atoms with E-state index < -0.39 is 0 Å². The number of ether oxygens (including phenoxy) is 1. The quantitative estimate of drug-likeness (QED) is 0.726. The molecule has 0 fully saturated rings. The van der Waals surface area contributed by atoms with Crippen molar-refractivity contribution in [2.75, 3.05) is 11.9 Å². The van der Waals surface area contributed by atoms with Crippen molar-refractivity contribution in [1.82, 2.24) is 14.8 Å². The molecule has 6 nitrogen and oxygen atoms in total. The summed E-state index contributed by atoms with van der Waals surface area (Å²) in [6, 6.07) is 10.1. The van der Waals surface area contributed by atoms with Gasteiger partial charge in [0.2, 0.25) is 11.8 Å². The fraction of sp³-hybridized carbons (Fsp3) is 0.286. The van der Waals surface area contributed by atoms with Crippen LogP contribution in [0.3, 0.4) is 0 Å². The molecule has 0 saturated heterocycles. The summed E-state index contributed by atoms with van der Waals surface area (Å²) in [5.41, 5.74) is 3.15. The number of aromatic nitrogens is 3. The zero-order valence-corrected chi connectivity index (χ0v) is 15.8. The maximum atomic E-state index is 13.4.